The summed E-state index contributed by atoms with van der Waals surface area (Å²) in [5.74, 6) is 0.636. The molecule has 2 rings (SSSR count). The lowest BCUT2D eigenvalue weighted by Gasteiger charge is -2.53. The molecule has 1 spiro atoms. The van der Waals surface area contributed by atoms with Crippen LogP contribution in [-0.4, -0.2) is 11.2 Å². The molecule has 0 radical (unpaired) electrons. The van der Waals surface area contributed by atoms with Gasteiger partial charge in [-0.3, -0.25) is 0 Å². The number of allylic oxidation sites excluding steroid dienone is 2. The first-order valence-electron chi connectivity index (χ1n) is 6.32. The predicted molar refractivity (Wildman–Crippen MR) is 63.6 cm³/mol. The van der Waals surface area contributed by atoms with Crippen molar-refractivity contribution in [2.75, 3.05) is 0 Å². The summed E-state index contributed by atoms with van der Waals surface area (Å²) in [6, 6.07) is 0. The molecule has 86 valence electrons. The molecule has 2 aliphatic rings. The van der Waals surface area contributed by atoms with E-state index in [1.54, 1.807) is 0 Å². The third-order valence-corrected chi connectivity index (χ3v) is 4.88. The van der Waals surface area contributed by atoms with Gasteiger partial charge in [-0.25, -0.2) is 0 Å². The zero-order chi connectivity index (χ0) is 11.1. The van der Waals surface area contributed by atoms with Gasteiger partial charge in [0.25, 0.3) is 0 Å². The van der Waals surface area contributed by atoms with Crippen LogP contribution in [0, 0.1) is 16.7 Å². The molecule has 0 aromatic rings. The summed E-state index contributed by atoms with van der Waals surface area (Å²) in [5.41, 5.74) is 0.286. The molecule has 15 heavy (non-hydrogen) atoms. The van der Waals surface area contributed by atoms with Gasteiger partial charge >= 0.3 is 0 Å². The van der Waals surface area contributed by atoms with Crippen LogP contribution >= 0.6 is 0 Å². The Morgan fingerprint density at radius 1 is 1.20 bits per heavy atom. The number of hydrogen-bond acceptors (Lipinski definition) is 1. The van der Waals surface area contributed by atoms with Crippen LogP contribution in [0.25, 0.3) is 0 Å². The van der Waals surface area contributed by atoms with Crippen LogP contribution < -0.4 is 0 Å². The van der Waals surface area contributed by atoms with Crippen molar-refractivity contribution in [2.24, 2.45) is 16.7 Å². The van der Waals surface area contributed by atoms with E-state index in [4.69, 9.17) is 0 Å². The summed E-state index contributed by atoms with van der Waals surface area (Å²) in [6.07, 6.45) is 10.3. The van der Waals surface area contributed by atoms with E-state index in [-0.39, 0.29) is 16.9 Å². The van der Waals surface area contributed by atoms with Gasteiger partial charge in [0.2, 0.25) is 0 Å². The van der Waals surface area contributed by atoms with Gasteiger partial charge in [-0.1, -0.05) is 39.3 Å². The van der Waals surface area contributed by atoms with Crippen molar-refractivity contribution in [1.82, 2.24) is 0 Å². The van der Waals surface area contributed by atoms with E-state index in [2.05, 4.69) is 32.9 Å². The quantitative estimate of drug-likeness (QED) is 0.604. The van der Waals surface area contributed by atoms with Crippen LogP contribution in [0.2, 0.25) is 0 Å². The normalized spacial score (nSPS) is 44.5. The molecule has 0 bridgehead atoms. The van der Waals surface area contributed by atoms with Crippen molar-refractivity contribution < 1.29 is 5.11 Å². The number of aliphatic hydroxyl groups is 1. The highest BCUT2D eigenvalue weighted by Crippen LogP contribution is 2.54. The van der Waals surface area contributed by atoms with E-state index in [0.29, 0.717) is 5.92 Å². The standard InChI is InChI=1S/C14H24O/c1-11-7-4-5-9-14(11)10-6-8-13(2,3)12(14)15/h4-5,11-12,15H,6-10H2,1-3H3. The topological polar surface area (TPSA) is 20.2 Å². The molecule has 3 atom stereocenters. The molecule has 0 saturated heterocycles. The summed E-state index contributed by atoms with van der Waals surface area (Å²) >= 11 is 0. The van der Waals surface area contributed by atoms with E-state index >= 15 is 0 Å². The van der Waals surface area contributed by atoms with Crippen LogP contribution in [0.3, 0.4) is 0 Å². The van der Waals surface area contributed by atoms with Crippen LogP contribution in [0.15, 0.2) is 12.2 Å². The van der Waals surface area contributed by atoms with E-state index in [9.17, 15) is 5.11 Å². The number of rotatable bonds is 0. The molecule has 0 aromatic carbocycles. The number of hydrogen-bond donors (Lipinski definition) is 1. The van der Waals surface area contributed by atoms with Crippen molar-refractivity contribution in [1.29, 1.82) is 0 Å². The summed E-state index contributed by atoms with van der Waals surface area (Å²) in [7, 11) is 0. The summed E-state index contributed by atoms with van der Waals surface area (Å²) in [6.45, 7) is 6.77. The van der Waals surface area contributed by atoms with Gasteiger partial charge in [0.15, 0.2) is 0 Å². The lowest BCUT2D eigenvalue weighted by Crippen LogP contribution is -2.52. The Balaban J connectivity index is 2.29. The van der Waals surface area contributed by atoms with Crippen LogP contribution in [0.5, 0.6) is 0 Å². The zero-order valence-electron chi connectivity index (χ0n) is 10.3. The molecule has 2 aliphatic carbocycles. The van der Waals surface area contributed by atoms with Crippen molar-refractivity contribution in [3.8, 4) is 0 Å². The first-order valence-corrected chi connectivity index (χ1v) is 6.32. The molecular formula is C14H24O. The predicted octanol–water partition coefficient (Wildman–Crippen LogP) is 3.53. The van der Waals surface area contributed by atoms with Crippen LogP contribution in [-0.2, 0) is 0 Å². The van der Waals surface area contributed by atoms with Gasteiger partial charge in [0.1, 0.15) is 0 Å². The SMILES string of the molecule is CC1CC=CCC12CCCC(C)(C)C2O. The van der Waals surface area contributed by atoms with Crippen LogP contribution in [0.1, 0.15) is 52.9 Å². The monoisotopic (exact) mass is 208 g/mol. The molecule has 0 heterocycles. The third-order valence-electron chi connectivity index (χ3n) is 4.88. The zero-order valence-corrected chi connectivity index (χ0v) is 10.3. The summed E-state index contributed by atoms with van der Waals surface area (Å²) in [5, 5.41) is 10.6. The fraction of sp³-hybridized carbons (Fsp3) is 0.857. The average Bonchev–Trinajstić information content (AvgIpc) is 2.18. The largest absolute Gasteiger partial charge is 0.392 e. The van der Waals surface area contributed by atoms with Crippen molar-refractivity contribution >= 4 is 0 Å². The van der Waals surface area contributed by atoms with E-state index < -0.39 is 0 Å². The second-order valence-electron chi connectivity index (χ2n) is 6.29. The van der Waals surface area contributed by atoms with E-state index in [1.165, 1.54) is 19.3 Å². The average molecular weight is 208 g/mol. The molecular weight excluding hydrogens is 184 g/mol. The van der Waals surface area contributed by atoms with Gasteiger partial charge in [0.05, 0.1) is 6.10 Å². The molecule has 1 saturated carbocycles. The van der Waals surface area contributed by atoms with Crippen molar-refractivity contribution in [3.05, 3.63) is 12.2 Å². The first-order chi connectivity index (χ1) is 6.99. The summed E-state index contributed by atoms with van der Waals surface area (Å²) in [4.78, 5) is 0. The minimum atomic E-state index is -0.126. The molecule has 1 heteroatoms. The van der Waals surface area contributed by atoms with Gasteiger partial charge in [-0.2, -0.15) is 0 Å². The highest BCUT2D eigenvalue weighted by molar-refractivity contribution is 5.08. The smallest absolute Gasteiger partial charge is 0.0652 e. The van der Waals surface area contributed by atoms with E-state index in [0.717, 1.165) is 12.8 Å². The number of aliphatic hydroxyl groups excluding tert-OH is 1. The Kier molecular flexibility index (Phi) is 2.70. The van der Waals surface area contributed by atoms with Gasteiger partial charge in [0, 0.05) is 5.41 Å². The summed E-state index contributed by atoms with van der Waals surface area (Å²) < 4.78 is 0. The first kappa shape index (κ1) is 11.2. The molecule has 1 nitrogen and oxygen atoms in total. The Morgan fingerprint density at radius 2 is 1.93 bits per heavy atom. The van der Waals surface area contributed by atoms with E-state index in [1.807, 2.05) is 0 Å². The highest BCUT2D eigenvalue weighted by Gasteiger charge is 2.50. The third kappa shape index (κ3) is 1.65. The highest BCUT2D eigenvalue weighted by atomic mass is 16.3. The molecule has 3 unspecified atom stereocenters. The van der Waals surface area contributed by atoms with Crippen molar-refractivity contribution in [3.63, 3.8) is 0 Å². The maximum Gasteiger partial charge on any atom is 0.0652 e. The van der Waals surface area contributed by atoms with Gasteiger partial charge in [-0.15, -0.1) is 0 Å². The maximum atomic E-state index is 10.6. The minimum absolute atomic E-state index is 0.109. The fourth-order valence-corrected chi connectivity index (χ4v) is 3.69. The fourth-order valence-electron chi connectivity index (χ4n) is 3.69. The second-order valence-corrected chi connectivity index (χ2v) is 6.29. The van der Waals surface area contributed by atoms with Crippen LogP contribution in [0.4, 0.5) is 0 Å². The van der Waals surface area contributed by atoms with Gasteiger partial charge in [-0.05, 0) is 37.0 Å². The Labute approximate surface area is 93.6 Å². The molecule has 0 amide bonds. The second kappa shape index (κ2) is 3.62. The molecule has 0 aromatic heterocycles. The molecule has 1 fully saturated rings. The lowest BCUT2D eigenvalue weighted by atomic mass is 9.54. The lowest BCUT2D eigenvalue weighted by molar-refractivity contribution is -0.119. The van der Waals surface area contributed by atoms with Crippen molar-refractivity contribution in [2.45, 2.75) is 59.0 Å². The molecule has 0 aliphatic heterocycles. The van der Waals surface area contributed by atoms with Gasteiger partial charge < -0.3 is 5.11 Å². The molecule has 1 N–H and O–H groups in total. The Morgan fingerprint density at radius 3 is 2.60 bits per heavy atom. The minimum Gasteiger partial charge on any atom is -0.392 e. The Hall–Kier alpha value is -0.300. The Bertz CT molecular complexity index is 267. The maximum absolute atomic E-state index is 10.6.